The van der Waals surface area contributed by atoms with E-state index < -0.39 is 0 Å². The van der Waals surface area contributed by atoms with Crippen molar-refractivity contribution >= 4 is 50.7 Å². The summed E-state index contributed by atoms with van der Waals surface area (Å²) in [7, 11) is 0. The summed E-state index contributed by atoms with van der Waals surface area (Å²) in [6, 6.07) is 4.72. The molecule has 0 aliphatic heterocycles. The Morgan fingerprint density at radius 2 is 2.27 bits per heavy atom. The Balaban J connectivity index is 1.86. The maximum atomic E-state index is 12.7. The van der Waals surface area contributed by atoms with Crippen LogP contribution in [0.3, 0.4) is 0 Å². The molecule has 8 nitrogen and oxygen atoms in total. The molecule has 5 N–H and O–H groups in total. The molecule has 0 aliphatic carbocycles. The van der Waals surface area contributed by atoms with Crippen LogP contribution in [0.2, 0.25) is 5.02 Å². The molecule has 0 saturated carbocycles. The van der Waals surface area contributed by atoms with E-state index in [1.165, 1.54) is 11.3 Å². The number of fused-ring (bicyclic) bond motifs is 1. The molecule has 136 valence electrons. The van der Waals surface area contributed by atoms with E-state index in [1.807, 2.05) is 0 Å². The summed E-state index contributed by atoms with van der Waals surface area (Å²) in [5, 5.41) is 16.7. The molecule has 2 aromatic heterocycles. The third-order valence-electron chi connectivity index (χ3n) is 3.49. The van der Waals surface area contributed by atoms with E-state index in [1.54, 1.807) is 29.8 Å². The second kappa shape index (κ2) is 8.28. The number of amides is 1. The lowest BCUT2D eigenvalue weighted by molar-refractivity contribution is 0.102. The van der Waals surface area contributed by atoms with Gasteiger partial charge in [-0.1, -0.05) is 11.6 Å². The summed E-state index contributed by atoms with van der Waals surface area (Å²) in [5.41, 5.74) is 1.30. The number of aliphatic hydroxyl groups excluding tert-OH is 1. The van der Waals surface area contributed by atoms with Crippen LogP contribution in [0, 0.1) is 0 Å². The van der Waals surface area contributed by atoms with E-state index in [2.05, 4.69) is 20.6 Å². The summed E-state index contributed by atoms with van der Waals surface area (Å²) in [6.07, 6.45) is 2.23. The van der Waals surface area contributed by atoms with Gasteiger partial charge >= 0.3 is 0 Å². The van der Waals surface area contributed by atoms with E-state index >= 15 is 0 Å². The van der Waals surface area contributed by atoms with Crippen molar-refractivity contribution in [2.24, 2.45) is 5.90 Å². The Hall–Kier alpha value is -2.46. The molecule has 10 heteroatoms. The number of carbonyl (C=O) groups excluding carboxylic acids is 1. The minimum absolute atomic E-state index is 0.0759. The number of rotatable bonds is 7. The number of hydrogen-bond donors (Lipinski definition) is 4. The number of aliphatic hydroxyl groups is 1. The van der Waals surface area contributed by atoms with E-state index in [0.29, 0.717) is 46.5 Å². The lowest BCUT2D eigenvalue weighted by Crippen LogP contribution is -2.14. The summed E-state index contributed by atoms with van der Waals surface area (Å²) < 4.78 is 0.782. The van der Waals surface area contributed by atoms with Crippen molar-refractivity contribution in [2.75, 3.05) is 23.8 Å². The summed E-state index contributed by atoms with van der Waals surface area (Å²) in [6.45, 7) is 0.611. The lowest BCUT2D eigenvalue weighted by Gasteiger charge is -2.09. The van der Waals surface area contributed by atoms with Crippen molar-refractivity contribution in [3.63, 3.8) is 0 Å². The number of carbonyl (C=O) groups is 1. The van der Waals surface area contributed by atoms with Gasteiger partial charge in [0.2, 0.25) is 5.95 Å². The molecule has 1 aromatic carbocycles. The van der Waals surface area contributed by atoms with Gasteiger partial charge in [0.25, 0.3) is 5.91 Å². The summed E-state index contributed by atoms with van der Waals surface area (Å²) >= 11 is 7.33. The standard InChI is InChI=1S/C16H16ClN5O3S/c17-9-2-3-12(25-18)11(6-9)21-15(24)10-8-26-13-7-20-16(22-14(10)13)19-4-1-5-23/h2-3,6-8,23H,1,4-5,18H2,(H,21,24)(H,19,20,22). The quantitative estimate of drug-likeness (QED) is 0.359. The van der Waals surface area contributed by atoms with Gasteiger partial charge in [0, 0.05) is 23.6 Å². The van der Waals surface area contributed by atoms with E-state index in [9.17, 15) is 4.79 Å². The molecular formula is C16H16ClN5O3S. The third kappa shape index (κ3) is 4.02. The number of nitrogens with two attached hydrogens (primary N) is 1. The molecule has 0 spiro atoms. The minimum Gasteiger partial charge on any atom is -0.409 e. The predicted molar refractivity (Wildman–Crippen MR) is 102 cm³/mol. The molecule has 0 aliphatic rings. The number of halogens is 1. The van der Waals surface area contributed by atoms with Crippen molar-refractivity contribution < 1.29 is 14.7 Å². The van der Waals surface area contributed by atoms with Crippen LogP contribution in [0.4, 0.5) is 11.6 Å². The van der Waals surface area contributed by atoms with Crippen LogP contribution in [0.5, 0.6) is 5.75 Å². The van der Waals surface area contributed by atoms with Crippen molar-refractivity contribution in [3.8, 4) is 5.75 Å². The number of hydrogen-bond acceptors (Lipinski definition) is 8. The maximum Gasteiger partial charge on any atom is 0.258 e. The van der Waals surface area contributed by atoms with E-state index in [4.69, 9.17) is 27.4 Å². The van der Waals surface area contributed by atoms with Gasteiger partial charge in [-0.3, -0.25) is 4.79 Å². The van der Waals surface area contributed by atoms with Gasteiger partial charge in [-0.05, 0) is 24.6 Å². The van der Waals surface area contributed by atoms with Crippen LogP contribution in [0.25, 0.3) is 10.2 Å². The van der Waals surface area contributed by atoms with Crippen LogP contribution < -0.4 is 21.4 Å². The largest absolute Gasteiger partial charge is 0.409 e. The van der Waals surface area contributed by atoms with Gasteiger partial charge in [-0.2, -0.15) is 5.90 Å². The van der Waals surface area contributed by atoms with Crippen LogP contribution in [0.1, 0.15) is 16.8 Å². The highest BCUT2D eigenvalue weighted by Gasteiger charge is 2.17. The number of anilines is 2. The SMILES string of the molecule is NOc1ccc(Cl)cc1NC(=O)c1csc2cnc(NCCCO)nc12. The average molecular weight is 394 g/mol. The number of nitrogens with zero attached hydrogens (tertiary/aromatic N) is 2. The summed E-state index contributed by atoms with van der Waals surface area (Å²) in [4.78, 5) is 26.0. The number of thiophene rings is 1. The molecule has 1 amide bonds. The number of nitrogens with one attached hydrogen (secondary N) is 2. The fourth-order valence-electron chi connectivity index (χ4n) is 2.25. The first-order valence-electron chi connectivity index (χ1n) is 7.69. The van der Waals surface area contributed by atoms with Crippen LogP contribution >= 0.6 is 22.9 Å². The zero-order chi connectivity index (χ0) is 18.5. The van der Waals surface area contributed by atoms with Gasteiger partial charge in [-0.15, -0.1) is 11.3 Å². The summed E-state index contributed by atoms with van der Waals surface area (Å²) in [5.74, 6) is 5.55. The zero-order valence-corrected chi connectivity index (χ0v) is 15.1. The highest BCUT2D eigenvalue weighted by molar-refractivity contribution is 7.17. The highest BCUT2D eigenvalue weighted by atomic mass is 35.5. The van der Waals surface area contributed by atoms with Crippen molar-refractivity contribution in [2.45, 2.75) is 6.42 Å². The van der Waals surface area contributed by atoms with Gasteiger partial charge in [0.05, 0.1) is 27.7 Å². The maximum absolute atomic E-state index is 12.7. The fraction of sp³-hybridized carbons (Fsp3) is 0.188. The van der Waals surface area contributed by atoms with Gasteiger partial charge in [-0.25, -0.2) is 9.97 Å². The van der Waals surface area contributed by atoms with E-state index in [-0.39, 0.29) is 12.5 Å². The molecule has 0 radical (unpaired) electrons. The Kier molecular flexibility index (Phi) is 5.84. The molecule has 26 heavy (non-hydrogen) atoms. The fourth-order valence-corrected chi connectivity index (χ4v) is 3.26. The monoisotopic (exact) mass is 393 g/mol. The first-order chi connectivity index (χ1) is 12.6. The van der Waals surface area contributed by atoms with Gasteiger partial charge in [0.15, 0.2) is 5.75 Å². The predicted octanol–water partition coefficient (Wildman–Crippen LogP) is 2.64. The first kappa shape index (κ1) is 18.3. The normalized spacial score (nSPS) is 10.7. The van der Waals surface area contributed by atoms with Crippen molar-refractivity contribution in [1.82, 2.24) is 9.97 Å². The molecule has 3 rings (SSSR count). The Labute approximate surface area is 157 Å². The number of aromatic nitrogens is 2. The molecule has 0 fully saturated rings. The molecule has 2 heterocycles. The molecule has 0 saturated heterocycles. The van der Waals surface area contributed by atoms with Gasteiger partial charge in [0.1, 0.15) is 0 Å². The van der Waals surface area contributed by atoms with Crippen LogP contribution in [0.15, 0.2) is 29.8 Å². The van der Waals surface area contributed by atoms with Crippen molar-refractivity contribution in [1.29, 1.82) is 0 Å². The Bertz CT molecular complexity index is 933. The molecule has 0 bridgehead atoms. The van der Waals surface area contributed by atoms with Crippen molar-refractivity contribution in [3.05, 3.63) is 40.4 Å². The highest BCUT2D eigenvalue weighted by Crippen LogP contribution is 2.30. The molecule has 0 atom stereocenters. The Morgan fingerprint density at radius 3 is 3.04 bits per heavy atom. The molecular weight excluding hydrogens is 378 g/mol. The smallest absolute Gasteiger partial charge is 0.258 e. The van der Waals surface area contributed by atoms with Crippen LogP contribution in [-0.2, 0) is 0 Å². The first-order valence-corrected chi connectivity index (χ1v) is 8.94. The van der Waals surface area contributed by atoms with Gasteiger partial charge < -0.3 is 20.6 Å². The molecule has 3 aromatic rings. The lowest BCUT2D eigenvalue weighted by atomic mass is 10.2. The third-order valence-corrected chi connectivity index (χ3v) is 4.63. The average Bonchev–Trinajstić information content (AvgIpc) is 3.05. The Morgan fingerprint density at radius 1 is 1.42 bits per heavy atom. The second-order valence-corrected chi connectivity index (χ2v) is 6.62. The minimum atomic E-state index is -0.364. The van der Waals surface area contributed by atoms with E-state index in [0.717, 1.165) is 4.70 Å². The molecule has 0 unspecified atom stereocenters. The zero-order valence-electron chi connectivity index (χ0n) is 13.5. The topological polar surface area (TPSA) is 122 Å². The second-order valence-electron chi connectivity index (χ2n) is 5.27. The number of benzene rings is 1. The van der Waals surface area contributed by atoms with Crippen LogP contribution in [-0.4, -0.2) is 34.1 Å².